The fourth-order valence-electron chi connectivity index (χ4n) is 19.0. The van der Waals surface area contributed by atoms with Gasteiger partial charge in [0, 0.05) is 195 Å². The van der Waals surface area contributed by atoms with Gasteiger partial charge in [-0.3, -0.25) is 28.8 Å². The number of piperidine rings is 1. The van der Waals surface area contributed by atoms with Crippen LogP contribution in [-0.2, 0) is 73.7 Å². The van der Waals surface area contributed by atoms with E-state index in [1.54, 1.807) is 76.2 Å². The number of amides is 4. The number of nitrogens with two attached hydrogens (primary N) is 2. The third-order valence-corrected chi connectivity index (χ3v) is 27.0. The van der Waals surface area contributed by atoms with Crippen molar-refractivity contribution in [3.8, 4) is 11.3 Å². The van der Waals surface area contributed by atoms with Gasteiger partial charge in [-0.25, -0.2) is 59.1 Å². The van der Waals surface area contributed by atoms with Gasteiger partial charge in [-0.1, -0.05) is 82.4 Å². The Labute approximate surface area is 765 Å². The predicted octanol–water partition coefficient (Wildman–Crippen LogP) is 7.32. The lowest BCUT2D eigenvalue weighted by Crippen LogP contribution is -2.61. The Balaban J connectivity index is 0.498. The van der Waals surface area contributed by atoms with E-state index in [2.05, 4.69) is 73.4 Å². The molecule has 6 aliphatic heterocycles. The molecule has 0 spiro atoms. The zero-order valence-electron chi connectivity index (χ0n) is 75.9. The summed E-state index contributed by atoms with van der Waals surface area (Å²) in [6.45, 7) is 15.7. The number of pyridine rings is 1. The fourth-order valence-corrected chi connectivity index (χ4v) is 19.0. The van der Waals surface area contributed by atoms with E-state index in [9.17, 15) is 53.7 Å². The molecule has 9 N–H and O–H groups in total. The number of anilines is 4. The summed E-state index contributed by atoms with van der Waals surface area (Å²) in [6, 6.07) is 7.97. The number of nitrogens with zero attached hydrogens (tertiary/aromatic N) is 17. The number of ketones is 3. The van der Waals surface area contributed by atoms with Gasteiger partial charge in [-0.15, -0.1) is 0 Å². The molecule has 37 heteroatoms. The maximum atomic E-state index is 14.8. The number of nitrogen functional groups attached to an aromatic ring is 1. The average Bonchev–Trinajstić information content (AvgIpc) is 1.69. The maximum absolute atomic E-state index is 14.8. The predicted molar refractivity (Wildman–Crippen MR) is 488 cm³/mol. The summed E-state index contributed by atoms with van der Waals surface area (Å²) in [5.41, 5.74) is 22.0. The van der Waals surface area contributed by atoms with Crippen molar-refractivity contribution in [2.45, 2.75) is 205 Å². The molecule has 700 valence electrons. The molecule has 0 unspecified atom stereocenters. The number of rotatable bonds is 16. The number of piperazine rings is 2. The minimum absolute atomic E-state index is 0.0109. The van der Waals surface area contributed by atoms with Crippen LogP contribution in [0.15, 0.2) is 134 Å². The second kappa shape index (κ2) is 42.1. The molecule has 1 aliphatic carbocycles. The monoisotopic (exact) mass is 1810 g/mol. The zero-order chi connectivity index (χ0) is 93.2. The van der Waals surface area contributed by atoms with Crippen molar-refractivity contribution in [1.29, 1.82) is 0 Å². The SMILES string of the molecule is CO[C@H]1C[C@@H]2CC[C@@H](C)[C@@](O)(O2)C(=O)C(=O)N2CCCC[C@H]2C(=O)O[C@H]([C@H](N)C[C@@H]2CC[C@@H](OC(=O)NCc3cnc(N4CCN(c5ncc(C(=O)N6CCN(c7ncc(C(=O)N8CCc9cc(Cn%10nc(-c%11cnc%12[nH]ccc%12c%11)c%11c(N)ncnc%11%10)ccc9C8)cn7)CC6)cn5)CC4)nc3)[C@H](OC)C2)CC(=O)[C@H](C)/C=C(\C)[C@@H](O)[C@@H](O)C(=O)[C@H](C)C[C@H](C)/C=C/C=CC=C1C. The van der Waals surface area contributed by atoms with E-state index in [1.807, 2.05) is 86.8 Å². The maximum Gasteiger partial charge on any atom is 0.407 e. The Morgan fingerprint density at radius 1 is 0.682 bits per heavy atom. The number of aliphatic hydroxyl groups is 3. The van der Waals surface area contributed by atoms with Gasteiger partial charge in [0.2, 0.25) is 23.6 Å². The van der Waals surface area contributed by atoms with Crippen LogP contribution in [0.3, 0.4) is 0 Å². The Morgan fingerprint density at radius 3 is 2.05 bits per heavy atom. The minimum Gasteiger partial charge on any atom is -0.459 e. The van der Waals surface area contributed by atoms with Crippen molar-refractivity contribution >= 4 is 92.9 Å². The highest BCUT2D eigenvalue weighted by Gasteiger charge is 2.53. The summed E-state index contributed by atoms with van der Waals surface area (Å²) in [4.78, 5) is 168. The molecule has 1 aromatic carbocycles. The second-order valence-electron chi connectivity index (χ2n) is 36.2. The van der Waals surface area contributed by atoms with E-state index in [0.29, 0.717) is 187 Å². The third-order valence-electron chi connectivity index (χ3n) is 27.0. The number of aromatic amines is 1. The first-order valence-electron chi connectivity index (χ1n) is 45.7. The Bertz CT molecular complexity index is 5620. The average molecular weight is 1810 g/mol. The molecule has 15 rings (SSSR count). The number of carbonyl (C=O) groups excluding carboxylic acids is 8. The number of aliphatic hydroxyl groups excluding tert-OH is 2. The van der Waals surface area contributed by atoms with E-state index >= 15 is 0 Å². The molecular formula is C95H119N21O16. The smallest absolute Gasteiger partial charge is 0.407 e. The minimum atomic E-state index is -2.52. The van der Waals surface area contributed by atoms with E-state index in [0.717, 1.165) is 43.8 Å². The third kappa shape index (κ3) is 21.7. The molecule has 7 aromatic heterocycles. The number of hydrogen-bond acceptors (Lipinski definition) is 31. The van der Waals surface area contributed by atoms with Gasteiger partial charge in [0.25, 0.3) is 23.5 Å². The summed E-state index contributed by atoms with van der Waals surface area (Å²) in [5, 5.41) is 44.1. The summed E-state index contributed by atoms with van der Waals surface area (Å²) in [6.07, 6.45) is 21.7. The number of aromatic nitrogens is 12. The number of Topliss-reactive ketones (excluding diaryl/α,β-unsaturated/α-hetero) is 3. The van der Waals surface area contributed by atoms with Crippen LogP contribution in [0.5, 0.6) is 0 Å². The number of nitrogens with one attached hydrogen (secondary N) is 2. The number of H-pyrrole nitrogens is 1. The van der Waals surface area contributed by atoms with Crippen LogP contribution in [-0.4, -0.2) is 277 Å². The number of methoxy groups -OCH3 is 2. The quantitative estimate of drug-likeness (QED) is 0.0283. The number of esters is 1. The number of carbonyl (C=O) groups is 8. The van der Waals surface area contributed by atoms with Crippen molar-refractivity contribution < 1.29 is 77.4 Å². The Hall–Kier alpha value is -12.3. The lowest BCUT2D eigenvalue weighted by atomic mass is 9.80. The molecule has 37 nitrogen and oxygen atoms in total. The topological polar surface area (TPSA) is 477 Å². The van der Waals surface area contributed by atoms with Crippen LogP contribution >= 0.6 is 0 Å². The van der Waals surface area contributed by atoms with Crippen LogP contribution < -0.4 is 31.5 Å². The summed E-state index contributed by atoms with van der Waals surface area (Å²) >= 11 is 0. The standard InChI is InChI=1S/C95H119N21O16/c1-55-14-10-9-11-15-56(2)75(128-7)42-70-21-17-60(6)95(127,132-70)83(121)89(124)115-26-13-12-16-72(115)90(125)130-76(43-73(117)57(3)37-59(5)81(119)82(120)80(118)58(4)36-55)71(96)39-61-19-22-74(77(40-61)129-8)131-94(126)106-46-63-44-100-91(101-45-63)112-32-34-113(35-33-112)93-102-48-68(49-103-93)87(122)110-28-30-111(31-29-110)92-104-50-69(51-105-92)88(123)114-27-24-64-38-62(18-20-66(64)53-114)52-116-86-78(84(97)107-54-108-86)79(109-116)67-41-65-23-25-98-85(65)99-47-67/h9-11,14-15,18,20,23,25,37-38,41,44-45,47-51,54-55,57-58,60-61,70-72,74-77,81-82,119-120,127H,12-13,16-17,19,21-22,24,26-36,39-40,42-43,46,52-53,96H2,1-8H3,(H,98,99)(H,106,126)(H2,97,107,108)/b11-9?,14-10+,56-15?,59-37+/t55-,57-,58-,60-,61+,70+,71-,72+,74-,75+,76+,77-,81-,82+,95-/m1/s1. The van der Waals surface area contributed by atoms with Crippen molar-refractivity contribution in [3.05, 3.63) is 167 Å². The van der Waals surface area contributed by atoms with Gasteiger partial charge in [0.15, 0.2) is 11.4 Å². The van der Waals surface area contributed by atoms with Gasteiger partial charge in [0.05, 0.1) is 41.4 Å². The Kier molecular flexibility index (Phi) is 30.1. The van der Waals surface area contributed by atoms with Crippen LogP contribution in [0, 0.1) is 29.6 Å². The summed E-state index contributed by atoms with van der Waals surface area (Å²) < 4.78 is 32.1. The normalized spacial score (nSPS) is 27.1. The molecule has 5 fully saturated rings. The number of fused-ring (bicyclic) bond motifs is 6. The molecular weight excluding hydrogens is 1690 g/mol. The molecule has 0 radical (unpaired) electrons. The molecule has 4 saturated heterocycles. The zero-order valence-corrected chi connectivity index (χ0v) is 75.9. The van der Waals surface area contributed by atoms with E-state index in [1.165, 1.54) is 26.4 Å². The largest absolute Gasteiger partial charge is 0.459 e. The van der Waals surface area contributed by atoms with Crippen LogP contribution in [0.1, 0.15) is 162 Å². The summed E-state index contributed by atoms with van der Waals surface area (Å²) in [5.74, 6) is -7.97. The molecule has 8 aromatic rings. The van der Waals surface area contributed by atoms with Crippen molar-refractivity contribution in [3.63, 3.8) is 0 Å². The highest BCUT2D eigenvalue weighted by molar-refractivity contribution is 6.39. The van der Waals surface area contributed by atoms with Crippen LogP contribution in [0.4, 0.5) is 28.5 Å². The van der Waals surface area contributed by atoms with Crippen molar-refractivity contribution in [2.24, 2.45) is 35.3 Å². The number of ether oxygens (including phenoxy) is 5. The molecule has 1 saturated carbocycles. The number of cyclic esters (lactones) is 1. The fraction of sp³-hybridized carbons (Fsp3) is 0.516. The Morgan fingerprint density at radius 2 is 1.36 bits per heavy atom. The lowest BCUT2D eigenvalue weighted by molar-refractivity contribution is -0.265. The first-order chi connectivity index (χ1) is 63.6. The molecule has 7 aliphatic rings. The first kappa shape index (κ1) is 94.4. The highest BCUT2D eigenvalue weighted by atomic mass is 16.6. The number of alkyl carbamates (subject to hydrolysis) is 1. The second-order valence-corrected chi connectivity index (χ2v) is 36.2. The van der Waals surface area contributed by atoms with Crippen LogP contribution in [0.25, 0.3) is 33.3 Å². The van der Waals surface area contributed by atoms with Gasteiger partial charge < -0.3 is 90.2 Å². The highest BCUT2D eigenvalue weighted by Crippen LogP contribution is 2.40. The van der Waals surface area contributed by atoms with Crippen molar-refractivity contribution in [1.82, 2.24) is 79.6 Å². The molecule has 2 bridgehead atoms. The molecule has 15 atom stereocenters. The van der Waals surface area contributed by atoms with Gasteiger partial charge in [0.1, 0.15) is 59.7 Å². The van der Waals surface area contributed by atoms with E-state index in [-0.39, 0.29) is 61.6 Å². The number of hydrogen-bond donors (Lipinski definition) is 7. The van der Waals surface area contributed by atoms with Gasteiger partial charge >= 0.3 is 12.1 Å². The van der Waals surface area contributed by atoms with E-state index in [4.69, 9.17) is 40.3 Å². The van der Waals surface area contributed by atoms with Crippen LogP contribution in [0.2, 0.25) is 0 Å². The summed E-state index contributed by atoms with van der Waals surface area (Å²) in [7, 11) is 3.06. The number of allylic oxidation sites excluding steroid dienone is 6. The molecule has 13 heterocycles. The van der Waals surface area contributed by atoms with Gasteiger partial charge in [-0.2, -0.15) is 5.10 Å². The van der Waals surface area contributed by atoms with Crippen molar-refractivity contribution in [2.75, 3.05) is 100 Å². The molecule has 132 heavy (non-hydrogen) atoms. The van der Waals surface area contributed by atoms with E-state index < -0.39 is 120 Å². The molecule has 4 amide bonds. The first-order valence-corrected chi connectivity index (χ1v) is 45.7. The number of benzene rings is 1. The lowest BCUT2D eigenvalue weighted by Gasteiger charge is -2.42. The van der Waals surface area contributed by atoms with Gasteiger partial charge in [-0.05, 0) is 136 Å².